The molecular formula is C25H31ClFN7O2. The van der Waals surface area contributed by atoms with Crippen LogP contribution in [0.1, 0.15) is 58.1 Å². The maximum atomic E-state index is 13.7. The van der Waals surface area contributed by atoms with Gasteiger partial charge in [-0.05, 0) is 80.8 Å². The van der Waals surface area contributed by atoms with E-state index < -0.39 is 11.6 Å². The zero-order chi connectivity index (χ0) is 25.0. The van der Waals surface area contributed by atoms with Crippen LogP contribution in [0.15, 0.2) is 48.8 Å². The highest BCUT2D eigenvalue weighted by atomic mass is 35.5. The minimum Gasteiger partial charge on any atom is -0.351 e. The van der Waals surface area contributed by atoms with Crippen molar-refractivity contribution < 1.29 is 14.0 Å². The Bertz CT molecular complexity index is 1160. The third-order valence-electron chi connectivity index (χ3n) is 6.05. The largest absolute Gasteiger partial charge is 0.351 e. The minimum atomic E-state index is -0.841. The molecule has 1 saturated carbocycles. The molecule has 11 heteroatoms. The average Bonchev–Trinajstić information content (AvgIpc) is 3.50. The lowest BCUT2D eigenvalue weighted by atomic mass is 9.97. The number of hydrogen-bond acceptors (Lipinski definition) is 6. The van der Waals surface area contributed by atoms with Crippen LogP contribution < -0.4 is 5.32 Å². The number of carbonyl (C=O) groups excluding carboxylic acids is 2. The zero-order valence-corrected chi connectivity index (χ0v) is 21.4. The SMILES string of the molecule is CC(C)(C)N(C(=O)Cn1nnc(-c2ccc(F)cc2)n1)C(C(=O)NC1CCCC1)c1ccncc1.Cl. The van der Waals surface area contributed by atoms with Crippen molar-refractivity contribution >= 4 is 24.2 Å². The van der Waals surface area contributed by atoms with Crippen molar-refractivity contribution in [2.45, 2.75) is 70.6 Å². The predicted molar refractivity (Wildman–Crippen MR) is 134 cm³/mol. The Balaban J connectivity index is 0.00000361. The number of amides is 2. The maximum Gasteiger partial charge on any atom is 0.247 e. The van der Waals surface area contributed by atoms with Crippen molar-refractivity contribution in [3.63, 3.8) is 0 Å². The molecule has 0 bridgehead atoms. The van der Waals surface area contributed by atoms with Gasteiger partial charge in [-0.2, -0.15) is 4.80 Å². The van der Waals surface area contributed by atoms with Gasteiger partial charge < -0.3 is 10.2 Å². The number of nitrogens with zero attached hydrogens (tertiary/aromatic N) is 6. The van der Waals surface area contributed by atoms with Gasteiger partial charge in [0, 0.05) is 29.5 Å². The van der Waals surface area contributed by atoms with Gasteiger partial charge in [-0.3, -0.25) is 14.6 Å². The van der Waals surface area contributed by atoms with E-state index in [1.807, 2.05) is 20.8 Å². The van der Waals surface area contributed by atoms with Crippen LogP contribution in [0.2, 0.25) is 0 Å². The number of pyridine rings is 1. The second-order valence-corrected chi connectivity index (χ2v) is 9.76. The number of aromatic nitrogens is 5. The molecule has 192 valence electrons. The quantitative estimate of drug-likeness (QED) is 0.514. The zero-order valence-electron chi connectivity index (χ0n) is 20.6. The lowest BCUT2D eigenvalue weighted by Gasteiger charge is -2.41. The number of halogens is 2. The summed E-state index contributed by atoms with van der Waals surface area (Å²) in [4.78, 5) is 34.1. The molecular weight excluding hydrogens is 485 g/mol. The molecule has 36 heavy (non-hydrogen) atoms. The lowest BCUT2D eigenvalue weighted by molar-refractivity contribution is -0.147. The van der Waals surface area contributed by atoms with Gasteiger partial charge in [0.2, 0.25) is 17.6 Å². The first kappa shape index (κ1) is 27.2. The highest BCUT2D eigenvalue weighted by Crippen LogP contribution is 2.30. The van der Waals surface area contributed by atoms with Crippen molar-refractivity contribution in [1.82, 2.24) is 35.4 Å². The molecule has 1 fully saturated rings. The summed E-state index contributed by atoms with van der Waals surface area (Å²) in [5, 5.41) is 15.4. The minimum absolute atomic E-state index is 0. The monoisotopic (exact) mass is 515 g/mol. The smallest absolute Gasteiger partial charge is 0.247 e. The number of rotatable bonds is 7. The van der Waals surface area contributed by atoms with E-state index in [4.69, 9.17) is 0 Å². The Kier molecular flexibility index (Phi) is 8.73. The Morgan fingerprint density at radius 2 is 1.75 bits per heavy atom. The van der Waals surface area contributed by atoms with Crippen LogP contribution in [0, 0.1) is 5.82 Å². The Hall–Kier alpha value is -3.40. The molecule has 2 amide bonds. The summed E-state index contributed by atoms with van der Waals surface area (Å²) in [7, 11) is 0. The molecule has 2 heterocycles. The molecule has 9 nitrogen and oxygen atoms in total. The first-order chi connectivity index (χ1) is 16.7. The Labute approximate surface area is 215 Å². The van der Waals surface area contributed by atoms with Gasteiger partial charge >= 0.3 is 0 Å². The van der Waals surface area contributed by atoms with Crippen molar-refractivity contribution in [2.24, 2.45) is 0 Å². The first-order valence-corrected chi connectivity index (χ1v) is 11.8. The molecule has 2 aromatic heterocycles. The van der Waals surface area contributed by atoms with Gasteiger partial charge in [0.15, 0.2) is 0 Å². The summed E-state index contributed by atoms with van der Waals surface area (Å²) in [6.45, 7) is 5.46. The van der Waals surface area contributed by atoms with Crippen LogP contribution in [-0.2, 0) is 16.1 Å². The van der Waals surface area contributed by atoms with Gasteiger partial charge in [0.05, 0.1) is 0 Å². The van der Waals surface area contributed by atoms with E-state index in [-0.39, 0.29) is 48.4 Å². The summed E-state index contributed by atoms with van der Waals surface area (Å²) in [6, 6.07) is 8.50. The molecule has 0 spiro atoms. The molecule has 1 aliphatic carbocycles. The van der Waals surface area contributed by atoms with Crippen molar-refractivity contribution in [1.29, 1.82) is 0 Å². The van der Waals surface area contributed by atoms with Crippen LogP contribution in [0.25, 0.3) is 11.4 Å². The predicted octanol–water partition coefficient (Wildman–Crippen LogP) is 3.72. The number of carbonyl (C=O) groups is 2. The van der Waals surface area contributed by atoms with Crippen LogP contribution in [0.5, 0.6) is 0 Å². The van der Waals surface area contributed by atoms with Crippen molar-refractivity contribution in [3.8, 4) is 11.4 Å². The van der Waals surface area contributed by atoms with Crippen molar-refractivity contribution in [3.05, 3.63) is 60.2 Å². The average molecular weight is 516 g/mol. The molecule has 1 aromatic carbocycles. The highest BCUT2D eigenvalue weighted by molar-refractivity contribution is 5.89. The number of hydrogen-bond donors (Lipinski definition) is 1. The Morgan fingerprint density at radius 3 is 2.36 bits per heavy atom. The fourth-order valence-electron chi connectivity index (χ4n) is 4.44. The summed E-state index contributed by atoms with van der Waals surface area (Å²) in [5.74, 6) is -0.631. The lowest BCUT2D eigenvalue weighted by Crippen LogP contribution is -2.54. The summed E-state index contributed by atoms with van der Waals surface area (Å²) in [5.41, 5.74) is 0.582. The number of nitrogens with one attached hydrogen (secondary N) is 1. The van der Waals surface area contributed by atoms with E-state index in [1.54, 1.807) is 41.6 Å². The molecule has 0 radical (unpaired) electrons. The van der Waals surface area contributed by atoms with Gasteiger partial charge in [0.1, 0.15) is 18.4 Å². The van der Waals surface area contributed by atoms with E-state index in [0.717, 1.165) is 25.7 Å². The highest BCUT2D eigenvalue weighted by Gasteiger charge is 2.39. The van der Waals surface area contributed by atoms with E-state index in [9.17, 15) is 14.0 Å². The van der Waals surface area contributed by atoms with Crippen LogP contribution >= 0.6 is 12.4 Å². The third kappa shape index (κ3) is 6.42. The molecule has 1 N–H and O–H groups in total. The fourth-order valence-corrected chi connectivity index (χ4v) is 4.44. The van der Waals surface area contributed by atoms with Gasteiger partial charge in [-0.25, -0.2) is 4.39 Å². The second-order valence-electron chi connectivity index (χ2n) is 9.76. The third-order valence-corrected chi connectivity index (χ3v) is 6.05. The number of benzene rings is 1. The molecule has 0 aliphatic heterocycles. The first-order valence-electron chi connectivity index (χ1n) is 11.8. The number of tetrazole rings is 1. The van der Waals surface area contributed by atoms with Gasteiger partial charge in [-0.1, -0.05) is 12.8 Å². The summed E-state index contributed by atoms with van der Waals surface area (Å²) in [6.07, 6.45) is 7.28. The Morgan fingerprint density at radius 1 is 1.11 bits per heavy atom. The van der Waals surface area contributed by atoms with Crippen LogP contribution in [0.3, 0.4) is 0 Å². The summed E-state index contributed by atoms with van der Waals surface area (Å²) < 4.78 is 13.2. The van der Waals surface area contributed by atoms with Gasteiger partial charge in [-0.15, -0.1) is 22.6 Å². The van der Waals surface area contributed by atoms with E-state index in [2.05, 4.69) is 25.7 Å². The molecule has 1 unspecified atom stereocenters. The maximum absolute atomic E-state index is 13.7. The van der Waals surface area contributed by atoms with Crippen LogP contribution in [0.4, 0.5) is 4.39 Å². The van der Waals surface area contributed by atoms with E-state index >= 15 is 0 Å². The fraction of sp³-hybridized carbons (Fsp3) is 0.440. The molecule has 0 saturated heterocycles. The molecule has 1 atom stereocenters. The normalized spacial score (nSPS) is 14.7. The van der Waals surface area contributed by atoms with Crippen LogP contribution in [-0.4, -0.2) is 53.5 Å². The van der Waals surface area contributed by atoms with E-state index in [0.29, 0.717) is 11.1 Å². The molecule has 3 aromatic rings. The van der Waals surface area contributed by atoms with Crippen molar-refractivity contribution in [2.75, 3.05) is 0 Å². The standard InChI is InChI=1S/C25H30FN7O2.ClH/c1-25(2,3)33(21(34)16-32-30-23(29-31-32)18-8-10-19(26)11-9-18)22(17-12-14-27-15-13-17)24(35)28-20-6-4-5-7-20;/h8-15,20,22H,4-7,16H2,1-3H3,(H,28,35);1H. The molecule has 4 rings (SSSR count). The van der Waals surface area contributed by atoms with E-state index in [1.165, 1.54) is 16.9 Å². The topological polar surface area (TPSA) is 106 Å². The second kappa shape index (κ2) is 11.6. The summed E-state index contributed by atoms with van der Waals surface area (Å²) >= 11 is 0. The van der Waals surface area contributed by atoms with Gasteiger partial charge in [0.25, 0.3) is 0 Å². The molecule has 1 aliphatic rings.